The van der Waals surface area contributed by atoms with Gasteiger partial charge >= 0.3 is 0 Å². The molecule has 0 aliphatic rings. The van der Waals surface area contributed by atoms with Gasteiger partial charge in [0.05, 0.1) is 12.6 Å². The summed E-state index contributed by atoms with van der Waals surface area (Å²) in [4.78, 5) is 12.1. The van der Waals surface area contributed by atoms with Gasteiger partial charge in [-0.1, -0.05) is 31.2 Å². The lowest BCUT2D eigenvalue weighted by molar-refractivity contribution is 0.0915. The van der Waals surface area contributed by atoms with Gasteiger partial charge in [0.25, 0.3) is 5.91 Å². The fourth-order valence-corrected chi connectivity index (χ4v) is 2.10. The summed E-state index contributed by atoms with van der Waals surface area (Å²) in [5, 5.41) is 12.1. The number of hydrogen-bond donors (Lipinski definition) is 2. The van der Waals surface area contributed by atoms with E-state index in [4.69, 9.17) is 0 Å². The van der Waals surface area contributed by atoms with Gasteiger partial charge in [-0.25, -0.2) is 8.78 Å². The van der Waals surface area contributed by atoms with Gasteiger partial charge in [-0.05, 0) is 35.7 Å². The van der Waals surface area contributed by atoms with E-state index in [1.54, 1.807) is 0 Å². The molecule has 0 aromatic heterocycles. The van der Waals surface area contributed by atoms with Gasteiger partial charge in [0.15, 0.2) is 11.6 Å². The SMILES string of the molecule is CCc1ccc(C(CO)NC(=O)c2ccc(F)c(F)c2)cc1. The van der Waals surface area contributed by atoms with Crippen LogP contribution in [-0.2, 0) is 6.42 Å². The van der Waals surface area contributed by atoms with Crippen molar-refractivity contribution < 1.29 is 18.7 Å². The maximum atomic E-state index is 13.2. The topological polar surface area (TPSA) is 49.3 Å². The Morgan fingerprint density at radius 1 is 1.14 bits per heavy atom. The van der Waals surface area contributed by atoms with Crippen molar-refractivity contribution in [3.05, 3.63) is 70.8 Å². The molecule has 2 aromatic carbocycles. The number of aliphatic hydroxyl groups is 1. The van der Waals surface area contributed by atoms with E-state index in [1.807, 2.05) is 31.2 Å². The minimum absolute atomic E-state index is 0.00234. The van der Waals surface area contributed by atoms with Gasteiger partial charge in [0.1, 0.15) is 0 Å². The van der Waals surface area contributed by atoms with E-state index >= 15 is 0 Å². The summed E-state index contributed by atoms with van der Waals surface area (Å²) in [6.45, 7) is 1.74. The monoisotopic (exact) mass is 305 g/mol. The molecule has 0 aliphatic carbocycles. The van der Waals surface area contributed by atoms with Gasteiger partial charge in [-0.15, -0.1) is 0 Å². The molecule has 2 aromatic rings. The van der Waals surface area contributed by atoms with Gasteiger partial charge in [-0.2, -0.15) is 0 Å². The molecule has 0 heterocycles. The van der Waals surface area contributed by atoms with Crippen LogP contribution < -0.4 is 5.32 Å². The number of halogens is 2. The molecule has 3 nitrogen and oxygen atoms in total. The molecule has 1 unspecified atom stereocenters. The average Bonchev–Trinajstić information content (AvgIpc) is 2.55. The van der Waals surface area contributed by atoms with Crippen LogP contribution in [0.5, 0.6) is 0 Å². The van der Waals surface area contributed by atoms with Gasteiger partial charge < -0.3 is 10.4 Å². The highest BCUT2D eigenvalue weighted by atomic mass is 19.2. The first-order valence-electron chi connectivity index (χ1n) is 7.00. The molecule has 5 heteroatoms. The van der Waals surface area contributed by atoms with Crippen molar-refractivity contribution in [2.45, 2.75) is 19.4 Å². The van der Waals surface area contributed by atoms with Crippen LogP contribution in [0.3, 0.4) is 0 Å². The van der Waals surface area contributed by atoms with Crippen molar-refractivity contribution in [2.24, 2.45) is 0 Å². The number of rotatable bonds is 5. The molecule has 0 saturated carbocycles. The summed E-state index contributed by atoms with van der Waals surface area (Å²) < 4.78 is 26.0. The summed E-state index contributed by atoms with van der Waals surface area (Å²) >= 11 is 0. The Balaban J connectivity index is 2.14. The number of amides is 1. The van der Waals surface area contributed by atoms with Crippen molar-refractivity contribution in [1.29, 1.82) is 0 Å². The Morgan fingerprint density at radius 3 is 2.36 bits per heavy atom. The van der Waals surface area contributed by atoms with E-state index in [2.05, 4.69) is 5.32 Å². The van der Waals surface area contributed by atoms with Crippen LogP contribution in [0.15, 0.2) is 42.5 Å². The number of hydrogen-bond acceptors (Lipinski definition) is 2. The first kappa shape index (κ1) is 16.1. The zero-order valence-electron chi connectivity index (χ0n) is 12.1. The van der Waals surface area contributed by atoms with Crippen molar-refractivity contribution in [1.82, 2.24) is 5.32 Å². The molecule has 0 aliphatic heterocycles. The minimum atomic E-state index is -1.08. The Labute approximate surface area is 127 Å². The van der Waals surface area contributed by atoms with E-state index in [1.165, 1.54) is 6.07 Å². The van der Waals surface area contributed by atoms with Gasteiger partial charge in [0, 0.05) is 5.56 Å². The Kier molecular flexibility index (Phi) is 5.22. The van der Waals surface area contributed by atoms with Crippen LogP contribution in [0.4, 0.5) is 8.78 Å². The standard InChI is InChI=1S/C17H17F2NO2/c1-2-11-3-5-12(6-4-11)16(10-21)20-17(22)13-7-8-14(18)15(19)9-13/h3-9,16,21H,2,10H2,1H3,(H,20,22). The quantitative estimate of drug-likeness (QED) is 0.892. The lowest BCUT2D eigenvalue weighted by atomic mass is 10.0. The third kappa shape index (κ3) is 3.68. The molecule has 0 saturated heterocycles. The largest absolute Gasteiger partial charge is 0.394 e. The Morgan fingerprint density at radius 2 is 1.82 bits per heavy atom. The summed E-state index contributed by atoms with van der Waals surface area (Å²) in [6, 6.07) is 9.81. The third-order valence-electron chi connectivity index (χ3n) is 3.46. The maximum absolute atomic E-state index is 13.2. The molecule has 22 heavy (non-hydrogen) atoms. The van der Waals surface area contributed by atoms with E-state index in [-0.39, 0.29) is 12.2 Å². The molecule has 0 spiro atoms. The van der Waals surface area contributed by atoms with Gasteiger partial charge in [-0.3, -0.25) is 4.79 Å². The molecular weight excluding hydrogens is 288 g/mol. The average molecular weight is 305 g/mol. The maximum Gasteiger partial charge on any atom is 0.251 e. The first-order chi connectivity index (χ1) is 10.5. The van der Waals surface area contributed by atoms with Crippen LogP contribution in [0.2, 0.25) is 0 Å². The normalized spacial score (nSPS) is 12.0. The summed E-state index contributed by atoms with van der Waals surface area (Å²) in [7, 11) is 0. The highest BCUT2D eigenvalue weighted by Gasteiger charge is 2.16. The molecular formula is C17H17F2NO2. The Bertz CT molecular complexity index is 656. The van der Waals surface area contributed by atoms with Crippen LogP contribution in [0.25, 0.3) is 0 Å². The van der Waals surface area contributed by atoms with Crippen LogP contribution in [0.1, 0.15) is 34.5 Å². The van der Waals surface area contributed by atoms with E-state index in [9.17, 15) is 18.7 Å². The van der Waals surface area contributed by atoms with Crippen molar-refractivity contribution in [2.75, 3.05) is 6.61 Å². The molecule has 1 atom stereocenters. The number of aryl methyl sites for hydroxylation is 1. The third-order valence-corrected chi connectivity index (χ3v) is 3.46. The molecule has 0 bridgehead atoms. The zero-order valence-corrected chi connectivity index (χ0v) is 12.1. The smallest absolute Gasteiger partial charge is 0.251 e. The predicted octanol–water partition coefficient (Wildman–Crippen LogP) is 2.99. The van der Waals surface area contributed by atoms with Crippen molar-refractivity contribution in [3.8, 4) is 0 Å². The molecule has 2 N–H and O–H groups in total. The molecule has 116 valence electrons. The van der Waals surface area contributed by atoms with Crippen molar-refractivity contribution >= 4 is 5.91 Å². The predicted molar refractivity (Wildman–Crippen MR) is 79.5 cm³/mol. The second-order valence-electron chi connectivity index (χ2n) is 4.93. The lowest BCUT2D eigenvalue weighted by Crippen LogP contribution is -2.30. The Hall–Kier alpha value is -2.27. The second kappa shape index (κ2) is 7.13. The van der Waals surface area contributed by atoms with Gasteiger partial charge in [0.2, 0.25) is 0 Å². The van der Waals surface area contributed by atoms with Crippen LogP contribution in [-0.4, -0.2) is 17.6 Å². The molecule has 0 radical (unpaired) electrons. The number of carbonyl (C=O) groups is 1. The van der Waals surface area contributed by atoms with Crippen molar-refractivity contribution in [3.63, 3.8) is 0 Å². The van der Waals surface area contributed by atoms with E-state index in [0.717, 1.165) is 29.7 Å². The second-order valence-corrected chi connectivity index (χ2v) is 4.93. The lowest BCUT2D eigenvalue weighted by Gasteiger charge is -2.17. The highest BCUT2D eigenvalue weighted by molar-refractivity contribution is 5.94. The summed E-state index contributed by atoms with van der Waals surface area (Å²) in [5.74, 6) is -2.66. The first-order valence-corrected chi connectivity index (χ1v) is 7.00. The van der Waals surface area contributed by atoms with E-state index in [0.29, 0.717) is 0 Å². The summed E-state index contributed by atoms with van der Waals surface area (Å²) in [6.07, 6.45) is 0.894. The highest BCUT2D eigenvalue weighted by Crippen LogP contribution is 2.16. The fraction of sp³-hybridized carbons (Fsp3) is 0.235. The minimum Gasteiger partial charge on any atom is -0.394 e. The number of carbonyl (C=O) groups excluding carboxylic acids is 1. The number of aliphatic hydroxyl groups excluding tert-OH is 1. The molecule has 2 rings (SSSR count). The molecule has 1 amide bonds. The van der Waals surface area contributed by atoms with Crippen LogP contribution in [0, 0.1) is 11.6 Å². The molecule has 0 fully saturated rings. The fourth-order valence-electron chi connectivity index (χ4n) is 2.10. The van der Waals surface area contributed by atoms with Crippen LogP contribution >= 0.6 is 0 Å². The number of nitrogens with one attached hydrogen (secondary N) is 1. The summed E-state index contributed by atoms with van der Waals surface area (Å²) in [5.41, 5.74) is 1.89. The van der Waals surface area contributed by atoms with E-state index < -0.39 is 23.6 Å². The zero-order chi connectivity index (χ0) is 16.1. The number of benzene rings is 2.